The molecule has 1 aliphatic heterocycles. The van der Waals surface area contributed by atoms with Crippen molar-refractivity contribution >= 4 is 21.4 Å². The summed E-state index contributed by atoms with van der Waals surface area (Å²) in [7, 11) is -3.08. The first-order valence-electron chi connectivity index (χ1n) is 6.36. The second kappa shape index (κ2) is 5.27. The van der Waals surface area contributed by atoms with Crippen LogP contribution in [-0.2, 0) is 10.0 Å². The van der Waals surface area contributed by atoms with Gasteiger partial charge in [0, 0.05) is 19.0 Å². The van der Waals surface area contributed by atoms with Crippen molar-refractivity contribution in [2.75, 3.05) is 19.3 Å². The fraction of sp³-hybridized carbons (Fsp3) is 0.500. The van der Waals surface area contributed by atoms with Gasteiger partial charge in [0.25, 0.3) is 0 Å². The molecule has 6 nitrogen and oxygen atoms in total. The molecule has 2 aromatic rings. The van der Waals surface area contributed by atoms with Gasteiger partial charge in [-0.25, -0.2) is 12.7 Å². The highest BCUT2D eigenvalue weighted by Gasteiger charge is 2.28. The molecule has 0 amide bonds. The van der Waals surface area contributed by atoms with Gasteiger partial charge in [0.05, 0.1) is 12.5 Å². The van der Waals surface area contributed by atoms with Gasteiger partial charge in [-0.05, 0) is 25.0 Å². The molecule has 3 heterocycles. The molecule has 0 aliphatic carbocycles. The molecule has 1 fully saturated rings. The number of aromatic nitrogens is 2. The van der Waals surface area contributed by atoms with Crippen molar-refractivity contribution < 1.29 is 12.8 Å². The Labute approximate surface area is 121 Å². The third-order valence-corrected chi connectivity index (χ3v) is 5.85. The Balaban J connectivity index is 1.70. The summed E-state index contributed by atoms with van der Waals surface area (Å²) in [5.41, 5.74) is 0. The lowest BCUT2D eigenvalue weighted by Gasteiger charge is -2.28. The minimum Gasteiger partial charge on any atom is -0.462 e. The lowest BCUT2D eigenvalue weighted by molar-refractivity contribution is 0.320. The minimum absolute atomic E-state index is 0.286. The van der Waals surface area contributed by atoms with E-state index in [1.54, 1.807) is 6.26 Å². The summed E-state index contributed by atoms with van der Waals surface area (Å²) in [6.07, 6.45) is 4.45. The normalized spacial score (nSPS) is 18.4. The van der Waals surface area contributed by atoms with E-state index in [1.807, 2.05) is 12.1 Å². The zero-order valence-corrected chi connectivity index (χ0v) is 12.7. The second-order valence-electron chi connectivity index (χ2n) is 4.86. The van der Waals surface area contributed by atoms with Crippen LogP contribution in [0.1, 0.15) is 23.8 Å². The van der Waals surface area contributed by atoms with E-state index >= 15 is 0 Å². The average Bonchev–Trinajstić information content (AvgIpc) is 3.09. The van der Waals surface area contributed by atoms with Crippen LogP contribution in [0.5, 0.6) is 0 Å². The molecule has 0 saturated carbocycles. The molecular formula is C12H15N3O3S2. The average molecular weight is 313 g/mol. The van der Waals surface area contributed by atoms with E-state index in [1.165, 1.54) is 21.9 Å². The van der Waals surface area contributed by atoms with Crippen LogP contribution in [-0.4, -0.2) is 42.3 Å². The second-order valence-corrected chi connectivity index (χ2v) is 7.85. The van der Waals surface area contributed by atoms with Gasteiger partial charge in [0.2, 0.25) is 10.0 Å². The molecule has 3 rings (SSSR count). The lowest BCUT2D eigenvalue weighted by atomic mass is 9.99. The molecular weight excluding hydrogens is 298 g/mol. The van der Waals surface area contributed by atoms with Crippen molar-refractivity contribution in [2.45, 2.75) is 18.8 Å². The first kappa shape index (κ1) is 13.7. The predicted octanol–water partition coefficient (Wildman–Crippen LogP) is 1.94. The van der Waals surface area contributed by atoms with Gasteiger partial charge < -0.3 is 4.42 Å². The van der Waals surface area contributed by atoms with E-state index in [2.05, 4.69) is 10.2 Å². The quantitative estimate of drug-likeness (QED) is 0.865. The third-order valence-electron chi connectivity index (χ3n) is 3.44. The molecule has 0 radical (unpaired) electrons. The van der Waals surface area contributed by atoms with Gasteiger partial charge in [0.15, 0.2) is 10.8 Å². The number of hydrogen-bond acceptors (Lipinski definition) is 6. The monoisotopic (exact) mass is 313 g/mol. The molecule has 0 unspecified atom stereocenters. The van der Waals surface area contributed by atoms with Crippen molar-refractivity contribution in [2.24, 2.45) is 0 Å². The van der Waals surface area contributed by atoms with Crippen LogP contribution in [0.25, 0.3) is 10.8 Å². The van der Waals surface area contributed by atoms with Gasteiger partial charge in [-0.2, -0.15) is 0 Å². The summed E-state index contributed by atoms with van der Waals surface area (Å²) in [5.74, 6) is 1.01. The first-order chi connectivity index (χ1) is 9.54. The molecule has 8 heteroatoms. The molecule has 108 valence electrons. The Kier molecular flexibility index (Phi) is 3.61. The lowest BCUT2D eigenvalue weighted by Crippen LogP contribution is -2.37. The molecule has 0 bridgehead atoms. The van der Waals surface area contributed by atoms with Crippen molar-refractivity contribution in [3.05, 3.63) is 23.4 Å². The Morgan fingerprint density at radius 1 is 1.35 bits per heavy atom. The van der Waals surface area contributed by atoms with E-state index in [0.29, 0.717) is 13.1 Å². The Morgan fingerprint density at radius 2 is 2.10 bits per heavy atom. The molecule has 0 aromatic carbocycles. The maximum absolute atomic E-state index is 11.5. The van der Waals surface area contributed by atoms with E-state index in [0.717, 1.165) is 28.6 Å². The number of piperidine rings is 1. The van der Waals surface area contributed by atoms with Crippen molar-refractivity contribution in [1.29, 1.82) is 0 Å². The topological polar surface area (TPSA) is 76.3 Å². The highest BCUT2D eigenvalue weighted by molar-refractivity contribution is 7.88. The van der Waals surface area contributed by atoms with Gasteiger partial charge in [-0.3, -0.25) is 0 Å². The Bertz CT molecular complexity index is 671. The van der Waals surface area contributed by atoms with Crippen molar-refractivity contribution in [1.82, 2.24) is 14.5 Å². The Morgan fingerprint density at radius 3 is 2.70 bits per heavy atom. The standard InChI is InChI=1S/C12H15N3O3S2/c1-20(16,17)15-6-4-9(5-7-15)11-13-14-12(19-11)10-3-2-8-18-10/h2-3,8-9H,4-7H2,1H3. The number of hydrogen-bond donors (Lipinski definition) is 0. The van der Waals surface area contributed by atoms with Crippen LogP contribution in [0.3, 0.4) is 0 Å². The zero-order chi connectivity index (χ0) is 14.2. The molecule has 20 heavy (non-hydrogen) atoms. The van der Waals surface area contributed by atoms with Crippen LogP contribution < -0.4 is 0 Å². The summed E-state index contributed by atoms with van der Waals surface area (Å²) in [6.45, 7) is 1.11. The van der Waals surface area contributed by atoms with Crippen LogP contribution in [0.4, 0.5) is 0 Å². The van der Waals surface area contributed by atoms with Crippen molar-refractivity contribution in [3.63, 3.8) is 0 Å². The van der Waals surface area contributed by atoms with Gasteiger partial charge in [-0.1, -0.05) is 11.3 Å². The van der Waals surface area contributed by atoms with Crippen LogP contribution in [0.15, 0.2) is 22.8 Å². The van der Waals surface area contributed by atoms with Crippen LogP contribution in [0, 0.1) is 0 Å². The number of rotatable bonds is 3. The maximum Gasteiger partial charge on any atom is 0.211 e. The highest BCUT2D eigenvalue weighted by atomic mass is 32.2. The highest BCUT2D eigenvalue weighted by Crippen LogP contribution is 2.33. The number of furan rings is 1. The van der Waals surface area contributed by atoms with Gasteiger partial charge in [-0.15, -0.1) is 10.2 Å². The molecule has 1 saturated heterocycles. The SMILES string of the molecule is CS(=O)(=O)N1CCC(c2nnc(-c3ccco3)s2)CC1. The van der Waals surface area contributed by atoms with Gasteiger partial charge in [0.1, 0.15) is 5.01 Å². The van der Waals surface area contributed by atoms with Crippen LogP contribution >= 0.6 is 11.3 Å². The molecule has 0 spiro atoms. The van der Waals surface area contributed by atoms with E-state index in [9.17, 15) is 8.42 Å². The number of sulfonamides is 1. The molecule has 0 atom stereocenters. The molecule has 0 N–H and O–H groups in total. The summed E-state index contributed by atoms with van der Waals surface area (Å²) in [5, 5.41) is 10.1. The summed E-state index contributed by atoms with van der Waals surface area (Å²) in [6, 6.07) is 3.68. The third kappa shape index (κ3) is 2.77. The smallest absolute Gasteiger partial charge is 0.211 e. The van der Waals surface area contributed by atoms with Crippen molar-refractivity contribution in [3.8, 4) is 10.8 Å². The number of nitrogens with zero attached hydrogens (tertiary/aromatic N) is 3. The molecule has 1 aliphatic rings. The molecule has 2 aromatic heterocycles. The first-order valence-corrected chi connectivity index (χ1v) is 9.03. The van der Waals surface area contributed by atoms with E-state index in [-0.39, 0.29) is 5.92 Å². The minimum atomic E-state index is -3.08. The predicted molar refractivity (Wildman–Crippen MR) is 76.0 cm³/mol. The fourth-order valence-corrected chi connectivity index (χ4v) is 4.19. The van der Waals surface area contributed by atoms with E-state index in [4.69, 9.17) is 4.42 Å². The summed E-state index contributed by atoms with van der Waals surface area (Å²) >= 11 is 1.52. The fourth-order valence-electron chi connectivity index (χ4n) is 2.33. The zero-order valence-electron chi connectivity index (χ0n) is 11.0. The Hall–Kier alpha value is -1.25. The summed E-state index contributed by atoms with van der Waals surface area (Å²) < 4.78 is 29.8. The summed E-state index contributed by atoms with van der Waals surface area (Å²) in [4.78, 5) is 0. The maximum atomic E-state index is 11.5. The van der Waals surface area contributed by atoms with E-state index < -0.39 is 10.0 Å². The largest absolute Gasteiger partial charge is 0.462 e. The van der Waals surface area contributed by atoms with Crippen LogP contribution in [0.2, 0.25) is 0 Å². The van der Waals surface area contributed by atoms with Gasteiger partial charge >= 0.3 is 0 Å².